The number of hydrogen-bond acceptors (Lipinski definition) is 5. The average molecular weight is 467 g/mol. The molecule has 0 saturated heterocycles. The van der Waals surface area contributed by atoms with Crippen LogP contribution in [0.2, 0.25) is 0 Å². The summed E-state index contributed by atoms with van der Waals surface area (Å²) >= 11 is 0. The number of carbonyl (C=O) groups excluding carboxylic acids is 1. The van der Waals surface area contributed by atoms with E-state index in [2.05, 4.69) is 48.4 Å². The Morgan fingerprint density at radius 3 is 2.71 bits per heavy atom. The van der Waals surface area contributed by atoms with Gasteiger partial charge >= 0.3 is 5.97 Å². The van der Waals surface area contributed by atoms with Crippen LogP contribution in [-0.2, 0) is 15.1 Å². The number of para-hydroxylation sites is 1. The molecule has 2 aliphatic carbocycles. The summed E-state index contributed by atoms with van der Waals surface area (Å²) in [5.41, 5.74) is 4.99. The Morgan fingerprint density at radius 2 is 1.91 bits per heavy atom. The second-order valence-corrected chi connectivity index (χ2v) is 9.40. The van der Waals surface area contributed by atoms with E-state index in [9.17, 15) is 4.79 Å². The third-order valence-corrected chi connectivity index (χ3v) is 7.58. The first kappa shape index (κ1) is 21.8. The van der Waals surface area contributed by atoms with E-state index in [-0.39, 0.29) is 11.9 Å². The Morgan fingerprint density at radius 1 is 1.09 bits per heavy atom. The van der Waals surface area contributed by atoms with Gasteiger partial charge in [-0.05, 0) is 75.1 Å². The van der Waals surface area contributed by atoms with E-state index in [4.69, 9.17) is 9.47 Å². The minimum Gasteiger partial charge on any atom is -0.461 e. The maximum absolute atomic E-state index is 13.2. The van der Waals surface area contributed by atoms with Crippen LogP contribution in [-0.4, -0.2) is 24.0 Å². The molecule has 5 heteroatoms. The van der Waals surface area contributed by atoms with Gasteiger partial charge in [0, 0.05) is 35.7 Å². The van der Waals surface area contributed by atoms with Crippen molar-refractivity contribution in [1.82, 2.24) is 4.90 Å². The molecule has 0 radical (unpaired) electrons. The molecule has 1 spiro atoms. The maximum atomic E-state index is 13.2. The fourth-order valence-corrected chi connectivity index (χ4v) is 5.93. The van der Waals surface area contributed by atoms with E-state index in [0.717, 1.165) is 66.4 Å². The molecule has 1 N–H and O–H groups in total. The molecule has 2 heterocycles. The Hall–Kier alpha value is -3.73. The average Bonchev–Trinajstić information content (AvgIpc) is 3.19. The van der Waals surface area contributed by atoms with Crippen LogP contribution < -0.4 is 10.1 Å². The molecule has 2 aromatic carbocycles. The van der Waals surface area contributed by atoms with Crippen molar-refractivity contribution in [3.63, 3.8) is 0 Å². The van der Waals surface area contributed by atoms with Gasteiger partial charge in [0.05, 0.1) is 11.5 Å². The summed E-state index contributed by atoms with van der Waals surface area (Å²) in [5.74, 6) is 1.30. The summed E-state index contributed by atoms with van der Waals surface area (Å²) in [5, 5.41) is 3.49. The molecular weight excluding hydrogens is 436 g/mol. The van der Waals surface area contributed by atoms with Crippen LogP contribution in [0.15, 0.2) is 95.4 Å². The first-order valence-electron chi connectivity index (χ1n) is 12.6. The fraction of sp³-hybridized carbons (Fsp3) is 0.300. The van der Waals surface area contributed by atoms with Crippen molar-refractivity contribution in [3.05, 3.63) is 101 Å². The third-order valence-electron chi connectivity index (χ3n) is 7.58. The van der Waals surface area contributed by atoms with E-state index in [1.165, 1.54) is 5.70 Å². The standard InChI is InChI=1S/C30H30N2O3/c1-3-32(4-2)22-15-16-25-28(19-22)34-27-17-14-21(31-20-10-6-5-7-11-20)18-26(27)30(25)24-13-9-8-12-23(24)29(33)35-30/h5-8,10-12,14-15,17-19,25,31H,3-4,9,13,16H2,1-2H3. The van der Waals surface area contributed by atoms with Gasteiger partial charge in [-0.3, -0.25) is 0 Å². The lowest BCUT2D eigenvalue weighted by Crippen LogP contribution is -2.44. The number of rotatable bonds is 5. The van der Waals surface area contributed by atoms with Crippen LogP contribution in [0, 0.1) is 5.92 Å². The van der Waals surface area contributed by atoms with Crippen molar-refractivity contribution in [3.8, 4) is 5.75 Å². The van der Waals surface area contributed by atoms with Crippen molar-refractivity contribution in [2.75, 3.05) is 18.4 Å². The number of benzene rings is 2. The van der Waals surface area contributed by atoms with E-state index < -0.39 is 5.60 Å². The van der Waals surface area contributed by atoms with Crippen molar-refractivity contribution in [2.24, 2.45) is 5.92 Å². The lowest BCUT2D eigenvalue weighted by Gasteiger charge is -2.45. The minimum atomic E-state index is -0.851. The first-order valence-corrected chi connectivity index (χ1v) is 12.6. The largest absolute Gasteiger partial charge is 0.461 e. The van der Waals surface area contributed by atoms with Crippen molar-refractivity contribution < 1.29 is 14.3 Å². The number of nitrogens with one attached hydrogen (secondary N) is 1. The zero-order valence-corrected chi connectivity index (χ0v) is 20.2. The molecule has 2 unspecified atom stereocenters. The highest BCUT2D eigenvalue weighted by Gasteiger charge is 2.58. The molecule has 2 atom stereocenters. The second kappa shape index (κ2) is 8.49. The third kappa shape index (κ3) is 3.41. The molecule has 6 rings (SSSR count). The SMILES string of the molecule is CCN(CC)C1=CCC2C(=C1)Oc1ccc(Nc3ccccc3)cc1C21OC(=O)C2=C1CCC=C2. The summed E-state index contributed by atoms with van der Waals surface area (Å²) in [6, 6.07) is 16.2. The number of nitrogens with zero attached hydrogens (tertiary/aromatic N) is 1. The zero-order valence-electron chi connectivity index (χ0n) is 20.2. The van der Waals surface area contributed by atoms with Gasteiger partial charge in [0.1, 0.15) is 11.5 Å². The molecule has 4 aliphatic rings. The van der Waals surface area contributed by atoms with Crippen LogP contribution in [0.25, 0.3) is 0 Å². The summed E-state index contributed by atoms with van der Waals surface area (Å²) in [6.45, 7) is 6.20. The summed E-state index contributed by atoms with van der Waals surface area (Å²) in [4.78, 5) is 15.5. The molecule has 0 amide bonds. The Bertz CT molecular complexity index is 1300. The van der Waals surface area contributed by atoms with Crippen molar-refractivity contribution in [2.45, 2.75) is 38.7 Å². The summed E-state index contributed by atoms with van der Waals surface area (Å²) < 4.78 is 13.0. The normalized spacial score (nSPS) is 24.1. The maximum Gasteiger partial charge on any atom is 0.339 e. The number of ether oxygens (including phenoxy) is 2. The highest BCUT2D eigenvalue weighted by Crippen LogP contribution is 2.59. The lowest BCUT2D eigenvalue weighted by atomic mass is 9.68. The van der Waals surface area contributed by atoms with Crippen molar-refractivity contribution >= 4 is 17.3 Å². The van der Waals surface area contributed by atoms with Crippen LogP contribution in [0.3, 0.4) is 0 Å². The van der Waals surface area contributed by atoms with Gasteiger partial charge in [-0.2, -0.15) is 0 Å². The molecule has 0 saturated carbocycles. The molecule has 2 aromatic rings. The van der Waals surface area contributed by atoms with E-state index in [0.29, 0.717) is 5.57 Å². The highest BCUT2D eigenvalue weighted by molar-refractivity contribution is 5.97. The molecule has 2 aliphatic heterocycles. The number of anilines is 2. The minimum absolute atomic E-state index is 0.0933. The van der Waals surface area contributed by atoms with Crippen LogP contribution in [0.5, 0.6) is 5.75 Å². The Kier molecular flexibility index (Phi) is 5.28. The molecular formula is C30H30N2O3. The Labute approximate surface area is 206 Å². The van der Waals surface area contributed by atoms with Gasteiger partial charge in [0.25, 0.3) is 0 Å². The van der Waals surface area contributed by atoms with Crippen molar-refractivity contribution in [1.29, 1.82) is 0 Å². The molecule has 0 fully saturated rings. The molecule has 178 valence electrons. The smallest absolute Gasteiger partial charge is 0.339 e. The molecule has 0 bridgehead atoms. The highest BCUT2D eigenvalue weighted by atomic mass is 16.6. The number of esters is 1. The quantitative estimate of drug-likeness (QED) is 0.520. The van der Waals surface area contributed by atoms with Crippen LogP contribution in [0.4, 0.5) is 11.4 Å². The predicted molar refractivity (Wildman–Crippen MR) is 137 cm³/mol. The van der Waals surface area contributed by atoms with Gasteiger partial charge < -0.3 is 19.7 Å². The second-order valence-electron chi connectivity index (χ2n) is 9.40. The Balaban J connectivity index is 1.50. The van der Waals surface area contributed by atoms with E-state index >= 15 is 0 Å². The van der Waals surface area contributed by atoms with Gasteiger partial charge in [-0.25, -0.2) is 4.79 Å². The number of fused-ring (bicyclic) bond motifs is 5. The van der Waals surface area contributed by atoms with Crippen LogP contribution in [0.1, 0.15) is 38.7 Å². The molecule has 5 nitrogen and oxygen atoms in total. The van der Waals surface area contributed by atoms with Crippen LogP contribution >= 0.6 is 0 Å². The molecule has 35 heavy (non-hydrogen) atoms. The van der Waals surface area contributed by atoms with E-state index in [1.807, 2.05) is 48.5 Å². The number of hydrogen-bond donors (Lipinski definition) is 1. The van der Waals surface area contributed by atoms with Gasteiger partial charge in [0.15, 0.2) is 5.60 Å². The number of carbonyl (C=O) groups is 1. The monoisotopic (exact) mass is 466 g/mol. The molecule has 0 aromatic heterocycles. The predicted octanol–water partition coefficient (Wildman–Crippen LogP) is 6.35. The first-order chi connectivity index (χ1) is 17.1. The van der Waals surface area contributed by atoms with Gasteiger partial charge in [-0.1, -0.05) is 36.4 Å². The fourth-order valence-electron chi connectivity index (χ4n) is 5.93. The topological polar surface area (TPSA) is 50.8 Å². The van der Waals surface area contributed by atoms with Gasteiger partial charge in [0.2, 0.25) is 0 Å². The number of likely N-dealkylation sites (N-methyl/N-ethyl adjacent to an activating group) is 1. The zero-order chi connectivity index (χ0) is 24.0. The number of allylic oxidation sites excluding steroid dienone is 3. The lowest BCUT2D eigenvalue weighted by molar-refractivity contribution is -0.153. The van der Waals surface area contributed by atoms with E-state index in [1.54, 1.807) is 0 Å². The summed E-state index contributed by atoms with van der Waals surface area (Å²) in [6.07, 6.45) is 10.9. The van der Waals surface area contributed by atoms with Gasteiger partial charge in [-0.15, -0.1) is 0 Å². The summed E-state index contributed by atoms with van der Waals surface area (Å²) in [7, 11) is 0.